The molecule has 174 valence electrons. The van der Waals surface area contributed by atoms with Gasteiger partial charge in [-0.25, -0.2) is 4.79 Å². The van der Waals surface area contributed by atoms with E-state index in [2.05, 4.69) is 29.8 Å². The highest BCUT2D eigenvalue weighted by atomic mass is 79.9. The first-order valence-corrected chi connectivity index (χ1v) is 12.4. The van der Waals surface area contributed by atoms with Crippen LogP contribution in [0.3, 0.4) is 0 Å². The average molecular weight is 531 g/mol. The Labute approximate surface area is 206 Å². The van der Waals surface area contributed by atoms with Gasteiger partial charge in [0.1, 0.15) is 11.6 Å². The van der Waals surface area contributed by atoms with E-state index in [-0.39, 0.29) is 23.6 Å². The molecule has 0 amide bonds. The molecule has 2 aliphatic rings. The predicted octanol–water partition coefficient (Wildman–Crippen LogP) is 5.50. The molecule has 6 nitrogen and oxygen atoms in total. The van der Waals surface area contributed by atoms with Crippen LogP contribution in [0.4, 0.5) is 5.69 Å². The minimum atomic E-state index is -0.562. The topological polar surface area (TPSA) is 81.9 Å². The van der Waals surface area contributed by atoms with Crippen LogP contribution in [-0.2, 0) is 14.3 Å². The van der Waals surface area contributed by atoms with Crippen LogP contribution < -0.4 is 15.4 Å². The summed E-state index contributed by atoms with van der Waals surface area (Å²) in [6.07, 6.45) is 1.06. The van der Waals surface area contributed by atoms with E-state index in [9.17, 15) is 9.59 Å². The smallest absolute Gasteiger partial charge is 0.338 e. The van der Waals surface area contributed by atoms with Crippen molar-refractivity contribution in [1.82, 2.24) is 0 Å². The number of hydrogen-bond donors (Lipinski definition) is 1. The number of nitrogens with two attached hydrogens (primary N) is 1. The molecule has 1 aliphatic heterocycles. The van der Waals surface area contributed by atoms with Crippen molar-refractivity contribution in [2.75, 3.05) is 18.6 Å². The van der Waals surface area contributed by atoms with Gasteiger partial charge >= 0.3 is 5.97 Å². The van der Waals surface area contributed by atoms with Crippen LogP contribution in [0.25, 0.3) is 0 Å². The second-order valence-corrected chi connectivity index (χ2v) is 10.8. The molecule has 0 bridgehead atoms. The fourth-order valence-corrected chi connectivity index (χ4v) is 6.17. The van der Waals surface area contributed by atoms with Gasteiger partial charge in [0.25, 0.3) is 0 Å². The number of hydrogen-bond acceptors (Lipinski definition) is 7. The molecule has 0 saturated carbocycles. The van der Waals surface area contributed by atoms with E-state index in [0.29, 0.717) is 29.7 Å². The monoisotopic (exact) mass is 530 g/mol. The van der Waals surface area contributed by atoms with Crippen LogP contribution in [0.1, 0.15) is 44.4 Å². The molecular formula is C25H27BrN2O4S. The van der Waals surface area contributed by atoms with Crippen molar-refractivity contribution in [3.63, 3.8) is 0 Å². The van der Waals surface area contributed by atoms with Crippen LogP contribution in [0, 0.1) is 5.41 Å². The molecular weight excluding hydrogens is 504 g/mol. The number of ether oxygens (including phenoxy) is 2. The largest absolute Gasteiger partial charge is 0.497 e. The first-order valence-electron chi connectivity index (χ1n) is 10.8. The number of esters is 1. The maximum Gasteiger partial charge on any atom is 0.338 e. The quantitative estimate of drug-likeness (QED) is 0.514. The van der Waals surface area contributed by atoms with E-state index in [1.807, 2.05) is 40.6 Å². The molecule has 2 N–H and O–H groups in total. The zero-order valence-electron chi connectivity index (χ0n) is 19.1. The maximum atomic E-state index is 13.6. The minimum Gasteiger partial charge on any atom is -0.497 e. The molecule has 1 unspecified atom stereocenters. The number of carbonyl (C=O) groups is 2. The summed E-state index contributed by atoms with van der Waals surface area (Å²) in [4.78, 5) is 29.6. The third kappa shape index (κ3) is 4.34. The normalized spacial score (nSPS) is 20.1. The highest BCUT2D eigenvalue weighted by Crippen LogP contribution is 2.51. The second kappa shape index (κ2) is 8.99. The van der Waals surface area contributed by atoms with E-state index >= 15 is 0 Å². The lowest BCUT2D eigenvalue weighted by molar-refractivity contribution is -0.138. The van der Waals surface area contributed by atoms with Gasteiger partial charge in [-0.05, 0) is 65.0 Å². The number of ketones is 1. The number of nitrogens with zero attached hydrogens (tertiary/aromatic N) is 1. The first-order chi connectivity index (χ1) is 15.7. The van der Waals surface area contributed by atoms with E-state index < -0.39 is 11.9 Å². The van der Waals surface area contributed by atoms with Gasteiger partial charge in [0.2, 0.25) is 0 Å². The summed E-state index contributed by atoms with van der Waals surface area (Å²) in [6.45, 7) is 6.14. The second-order valence-electron chi connectivity index (χ2n) is 8.95. The molecule has 0 radical (unpaired) electrons. The number of halogens is 1. The molecule has 0 fully saturated rings. The number of methoxy groups -OCH3 is 1. The van der Waals surface area contributed by atoms with Crippen LogP contribution in [0.5, 0.6) is 5.75 Å². The Morgan fingerprint density at radius 3 is 2.55 bits per heavy atom. The maximum absolute atomic E-state index is 13.6. The Hall–Kier alpha value is -2.58. The van der Waals surface area contributed by atoms with Crippen molar-refractivity contribution in [3.05, 3.63) is 67.7 Å². The SMILES string of the molecule is CCOC(=O)C1=C(N)N(c2ccc(OC)cc2)C2=C(C(=O)CC(C)(C)C2)C1c1cc(Br)cs1. The fourth-order valence-electron chi connectivity index (χ4n) is 4.61. The number of benzene rings is 1. The molecule has 1 aromatic carbocycles. The van der Waals surface area contributed by atoms with Crippen LogP contribution in [0.15, 0.2) is 62.8 Å². The molecule has 1 atom stereocenters. The molecule has 0 spiro atoms. The first kappa shape index (κ1) is 23.6. The zero-order chi connectivity index (χ0) is 23.9. The lowest BCUT2D eigenvalue weighted by Gasteiger charge is -2.44. The lowest BCUT2D eigenvalue weighted by Crippen LogP contribution is -2.43. The van der Waals surface area contributed by atoms with Gasteiger partial charge in [-0.1, -0.05) is 13.8 Å². The fraction of sp³-hybridized carbons (Fsp3) is 0.360. The van der Waals surface area contributed by atoms with E-state index in [0.717, 1.165) is 20.7 Å². The molecule has 1 aliphatic carbocycles. The van der Waals surface area contributed by atoms with Gasteiger partial charge in [0, 0.05) is 38.1 Å². The standard InChI is InChI=1S/C25H27BrN2O4S/c1-5-32-24(30)22-21(19-10-14(26)13-33-19)20-17(11-25(2,3)12-18(20)29)28(23(22)27)15-6-8-16(31-4)9-7-15/h6-10,13,21H,5,11-12,27H2,1-4H3. The van der Waals surface area contributed by atoms with Gasteiger partial charge in [-0.15, -0.1) is 11.3 Å². The van der Waals surface area contributed by atoms with Crippen LogP contribution >= 0.6 is 27.3 Å². The Kier molecular flexibility index (Phi) is 6.42. The van der Waals surface area contributed by atoms with Crippen molar-refractivity contribution in [1.29, 1.82) is 0 Å². The third-order valence-corrected chi connectivity index (χ3v) is 7.72. The summed E-state index contributed by atoms with van der Waals surface area (Å²) in [5.74, 6) is -0.0406. The average Bonchev–Trinajstić information content (AvgIpc) is 3.18. The summed E-state index contributed by atoms with van der Waals surface area (Å²) in [5, 5.41) is 1.95. The summed E-state index contributed by atoms with van der Waals surface area (Å²) in [6, 6.07) is 9.39. The Balaban J connectivity index is 1.99. The number of allylic oxidation sites excluding steroid dienone is 2. The van der Waals surface area contributed by atoms with Gasteiger partial charge < -0.3 is 15.2 Å². The van der Waals surface area contributed by atoms with Gasteiger partial charge in [0.15, 0.2) is 5.78 Å². The summed E-state index contributed by atoms with van der Waals surface area (Å²) >= 11 is 5.00. The van der Waals surface area contributed by atoms with Gasteiger partial charge in [-0.3, -0.25) is 9.69 Å². The molecule has 33 heavy (non-hydrogen) atoms. The van der Waals surface area contributed by atoms with E-state index in [4.69, 9.17) is 15.2 Å². The minimum absolute atomic E-state index is 0.0311. The Bertz CT molecular complexity index is 1160. The van der Waals surface area contributed by atoms with Gasteiger partial charge in [0.05, 0.1) is 25.2 Å². The van der Waals surface area contributed by atoms with E-state index in [1.54, 1.807) is 14.0 Å². The highest BCUT2D eigenvalue weighted by molar-refractivity contribution is 9.10. The zero-order valence-corrected chi connectivity index (χ0v) is 21.5. The summed E-state index contributed by atoms with van der Waals surface area (Å²) in [5.41, 5.74) is 9.04. The van der Waals surface area contributed by atoms with Crippen LogP contribution in [-0.4, -0.2) is 25.5 Å². The summed E-state index contributed by atoms with van der Waals surface area (Å²) in [7, 11) is 1.61. The summed E-state index contributed by atoms with van der Waals surface area (Å²) < 4.78 is 11.6. The van der Waals surface area contributed by atoms with Crippen molar-refractivity contribution >= 4 is 44.7 Å². The van der Waals surface area contributed by atoms with E-state index in [1.165, 1.54) is 11.3 Å². The van der Waals surface area contributed by atoms with Gasteiger partial charge in [-0.2, -0.15) is 0 Å². The molecule has 2 aromatic rings. The number of anilines is 1. The Morgan fingerprint density at radius 2 is 1.97 bits per heavy atom. The molecule has 8 heteroatoms. The highest BCUT2D eigenvalue weighted by Gasteiger charge is 2.47. The Morgan fingerprint density at radius 1 is 1.27 bits per heavy atom. The van der Waals surface area contributed by atoms with Crippen molar-refractivity contribution in [2.45, 2.75) is 39.5 Å². The number of rotatable bonds is 5. The number of thiophene rings is 1. The van der Waals surface area contributed by atoms with Crippen molar-refractivity contribution < 1.29 is 19.1 Å². The lowest BCUT2D eigenvalue weighted by atomic mass is 9.69. The number of carbonyl (C=O) groups excluding carboxylic acids is 2. The van der Waals surface area contributed by atoms with Crippen LogP contribution in [0.2, 0.25) is 0 Å². The molecule has 1 aromatic heterocycles. The number of Topliss-reactive ketones (excluding diaryl/α,β-unsaturated/α-hetero) is 1. The van der Waals surface area contributed by atoms with Crippen molar-refractivity contribution in [2.24, 2.45) is 11.1 Å². The molecule has 2 heterocycles. The molecule has 4 rings (SSSR count). The third-order valence-electron chi connectivity index (χ3n) is 5.96. The predicted molar refractivity (Wildman–Crippen MR) is 133 cm³/mol. The van der Waals surface area contributed by atoms with Crippen molar-refractivity contribution in [3.8, 4) is 5.75 Å². The molecule has 0 saturated heterocycles.